The lowest BCUT2D eigenvalue weighted by atomic mass is 10.1. The van der Waals surface area contributed by atoms with E-state index in [4.69, 9.17) is 4.74 Å². The summed E-state index contributed by atoms with van der Waals surface area (Å²) in [5.74, 6) is 0.869. The van der Waals surface area contributed by atoms with Gasteiger partial charge in [-0.2, -0.15) is 5.10 Å². The molecule has 2 N–H and O–H groups in total. The third-order valence-corrected chi connectivity index (χ3v) is 4.70. The third kappa shape index (κ3) is 3.74. The van der Waals surface area contributed by atoms with Crippen molar-refractivity contribution in [3.8, 4) is 17.0 Å². The van der Waals surface area contributed by atoms with E-state index < -0.39 is 0 Å². The SMILES string of the molecule is CCN1CCC[C@@H]1CNCc1cn[nH]c1-c1ccc(OC)cc1. The van der Waals surface area contributed by atoms with E-state index in [2.05, 4.69) is 39.5 Å². The number of nitrogens with one attached hydrogen (secondary N) is 2. The van der Waals surface area contributed by atoms with Gasteiger partial charge in [0.1, 0.15) is 5.75 Å². The van der Waals surface area contributed by atoms with Crippen LogP contribution in [0.5, 0.6) is 5.75 Å². The summed E-state index contributed by atoms with van der Waals surface area (Å²) in [4.78, 5) is 2.56. The van der Waals surface area contributed by atoms with Crippen LogP contribution in [0.4, 0.5) is 0 Å². The van der Waals surface area contributed by atoms with Crippen LogP contribution >= 0.6 is 0 Å². The van der Waals surface area contributed by atoms with Gasteiger partial charge in [0, 0.05) is 30.3 Å². The van der Waals surface area contributed by atoms with Gasteiger partial charge in [-0.25, -0.2) is 0 Å². The number of rotatable bonds is 7. The molecule has 1 saturated heterocycles. The first-order valence-corrected chi connectivity index (χ1v) is 8.43. The van der Waals surface area contributed by atoms with E-state index in [0.717, 1.165) is 36.6 Å². The van der Waals surface area contributed by atoms with Crippen LogP contribution in [-0.2, 0) is 6.54 Å². The van der Waals surface area contributed by atoms with Gasteiger partial charge in [0.15, 0.2) is 0 Å². The summed E-state index contributed by atoms with van der Waals surface area (Å²) < 4.78 is 5.22. The molecule has 1 aromatic heterocycles. The predicted molar refractivity (Wildman–Crippen MR) is 92.6 cm³/mol. The van der Waals surface area contributed by atoms with Gasteiger partial charge in [-0.3, -0.25) is 10.00 Å². The summed E-state index contributed by atoms with van der Waals surface area (Å²) in [6.07, 6.45) is 4.54. The Hall–Kier alpha value is -1.85. The maximum absolute atomic E-state index is 5.22. The van der Waals surface area contributed by atoms with Gasteiger partial charge in [0.25, 0.3) is 0 Å². The molecule has 1 aliphatic rings. The Bertz CT molecular complexity index is 608. The maximum Gasteiger partial charge on any atom is 0.118 e. The summed E-state index contributed by atoms with van der Waals surface area (Å²) in [7, 11) is 1.68. The average Bonchev–Trinajstić information content (AvgIpc) is 3.24. The van der Waals surface area contributed by atoms with Gasteiger partial charge in [-0.15, -0.1) is 0 Å². The van der Waals surface area contributed by atoms with Gasteiger partial charge >= 0.3 is 0 Å². The number of ether oxygens (including phenoxy) is 1. The molecule has 1 atom stereocenters. The molecule has 5 heteroatoms. The lowest BCUT2D eigenvalue weighted by Crippen LogP contribution is -2.37. The molecular weight excluding hydrogens is 288 g/mol. The second-order valence-electron chi connectivity index (χ2n) is 6.05. The van der Waals surface area contributed by atoms with Crippen molar-refractivity contribution in [2.24, 2.45) is 0 Å². The molecule has 124 valence electrons. The van der Waals surface area contributed by atoms with E-state index in [0.29, 0.717) is 6.04 Å². The van der Waals surface area contributed by atoms with Crippen molar-refractivity contribution in [1.82, 2.24) is 20.4 Å². The van der Waals surface area contributed by atoms with Crippen LogP contribution in [0, 0.1) is 0 Å². The molecule has 0 unspecified atom stereocenters. The lowest BCUT2D eigenvalue weighted by molar-refractivity contribution is 0.260. The molecule has 0 bridgehead atoms. The lowest BCUT2D eigenvalue weighted by Gasteiger charge is -2.22. The first-order chi connectivity index (χ1) is 11.3. The number of H-pyrrole nitrogens is 1. The molecule has 1 aliphatic heterocycles. The molecule has 0 spiro atoms. The molecule has 2 aromatic rings. The van der Waals surface area contributed by atoms with E-state index in [-0.39, 0.29) is 0 Å². The molecule has 1 fully saturated rings. The Morgan fingerprint density at radius 1 is 1.35 bits per heavy atom. The van der Waals surface area contributed by atoms with Crippen molar-refractivity contribution < 1.29 is 4.74 Å². The minimum atomic E-state index is 0.677. The van der Waals surface area contributed by atoms with Crippen molar-refractivity contribution in [3.05, 3.63) is 36.0 Å². The first-order valence-electron chi connectivity index (χ1n) is 8.43. The van der Waals surface area contributed by atoms with E-state index in [1.54, 1.807) is 7.11 Å². The zero-order chi connectivity index (χ0) is 16.1. The van der Waals surface area contributed by atoms with Gasteiger partial charge in [0.2, 0.25) is 0 Å². The summed E-state index contributed by atoms with van der Waals surface area (Å²) in [6.45, 7) is 6.52. The van der Waals surface area contributed by atoms with Crippen LogP contribution in [0.1, 0.15) is 25.3 Å². The van der Waals surface area contributed by atoms with Gasteiger partial charge in [-0.1, -0.05) is 6.92 Å². The third-order valence-electron chi connectivity index (χ3n) is 4.70. The Kier molecular flexibility index (Phi) is 5.31. The van der Waals surface area contributed by atoms with Crippen LogP contribution in [-0.4, -0.2) is 47.9 Å². The molecule has 0 amide bonds. The number of hydrogen-bond donors (Lipinski definition) is 2. The number of aromatic nitrogens is 2. The number of likely N-dealkylation sites (tertiary alicyclic amines) is 1. The molecular formula is C18H26N4O. The van der Waals surface area contributed by atoms with Crippen molar-refractivity contribution in [2.45, 2.75) is 32.4 Å². The Labute approximate surface area is 138 Å². The highest BCUT2D eigenvalue weighted by molar-refractivity contribution is 5.63. The van der Waals surface area contributed by atoms with Crippen LogP contribution in [0.25, 0.3) is 11.3 Å². The highest BCUT2D eigenvalue weighted by atomic mass is 16.5. The van der Waals surface area contributed by atoms with Crippen molar-refractivity contribution in [2.75, 3.05) is 26.7 Å². The quantitative estimate of drug-likeness (QED) is 0.825. The summed E-state index contributed by atoms with van der Waals surface area (Å²) in [6, 6.07) is 8.75. The summed E-state index contributed by atoms with van der Waals surface area (Å²) >= 11 is 0. The highest BCUT2D eigenvalue weighted by Crippen LogP contribution is 2.23. The minimum absolute atomic E-state index is 0.677. The number of methoxy groups -OCH3 is 1. The monoisotopic (exact) mass is 314 g/mol. The molecule has 0 aliphatic carbocycles. The molecule has 5 nitrogen and oxygen atoms in total. The van der Waals surface area contributed by atoms with Gasteiger partial charge < -0.3 is 10.1 Å². The molecule has 3 rings (SSSR count). The van der Waals surface area contributed by atoms with Gasteiger partial charge in [0.05, 0.1) is 19.0 Å². The van der Waals surface area contributed by atoms with Crippen LogP contribution in [0.15, 0.2) is 30.5 Å². The molecule has 0 saturated carbocycles. The number of aromatic amines is 1. The van der Waals surface area contributed by atoms with Crippen LogP contribution in [0.2, 0.25) is 0 Å². The second-order valence-corrected chi connectivity index (χ2v) is 6.05. The maximum atomic E-state index is 5.22. The Morgan fingerprint density at radius 3 is 2.91 bits per heavy atom. The summed E-state index contributed by atoms with van der Waals surface area (Å²) in [5.41, 5.74) is 3.42. The highest BCUT2D eigenvalue weighted by Gasteiger charge is 2.22. The van der Waals surface area contributed by atoms with Gasteiger partial charge in [-0.05, 0) is 50.2 Å². The smallest absolute Gasteiger partial charge is 0.118 e. The zero-order valence-electron chi connectivity index (χ0n) is 14.0. The van der Waals surface area contributed by atoms with Crippen molar-refractivity contribution in [1.29, 1.82) is 0 Å². The molecule has 1 aromatic carbocycles. The average molecular weight is 314 g/mol. The fraction of sp³-hybridized carbons (Fsp3) is 0.500. The molecule has 2 heterocycles. The van der Waals surface area contributed by atoms with Crippen LogP contribution in [0.3, 0.4) is 0 Å². The van der Waals surface area contributed by atoms with E-state index in [9.17, 15) is 0 Å². The molecule has 23 heavy (non-hydrogen) atoms. The van der Waals surface area contributed by atoms with E-state index in [1.165, 1.54) is 24.9 Å². The first kappa shape index (κ1) is 16.0. The van der Waals surface area contributed by atoms with Crippen LogP contribution < -0.4 is 10.1 Å². The normalized spacial score (nSPS) is 18.4. The standard InChI is InChI=1S/C18H26N4O/c1-3-22-10-4-5-16(22)13-19-11-15-12-20-21-18(15)14-6-8-17(23-2)9-7-14/h6-9,12,16,19H,3-5,10-11,13H2,1-2H3,(H,20,21)/t16-/m1/s1. The summed E-state index contributed by atoms with van der Waals surface area (Å²) in [5, 5.41) is 10.9. The number of hydrogen-bond acceptors (Lipinski definition) is 4. The number of likely N-dealkylation sites (N-methyl/N-ethyl adjacent to an activating group) is 1. The topological polar surface area (TPSA) is 53.2 Å². The molecule has 0 radical (unpaired) electrons. The Morgan fingerprint density at radius 2 is 2.17 bits per heavy atom. The van der Waals surface area contributed by atoms with E-state index >= 15 is 0 Å². The zero-order valence-corrected chi connectivity index (χ0v) is 14.0. The fourth-order valence-corrected chi connectivity index (χ4v) is 3.37. The number of benzene rings is 1. The predicted octanol–water partition coefficient (Wildman–Crippen LogP) is 2.66. The minimum Gasteiger partial charge on any atom is -0.497 e. The largest absolute Gasteiger partial charge is 0.497 e. The Balaban J connectivity index is 1.60. The van der Waals surface area contributed by atoms with E-state index in [1.807, 2.05) is 18.3 Å². The fourth-order valence-electron chi connectivity index (χ4n) is 3.37. The second kappa shape index (κ2) is 7.62. The number of nitrogens with zero attached hydrogens (tertiary/aromatic N) is 2. The van der Waals surface area contributed by atoms with Crippen molar-refractivity contribution >= 4 is 0 Å². The van der Waals surface area contributed by atoms with Crippen molar-refractivity contribution in [3.63, 3.8) is 0 Å².